The van der Waals surface area contributed by atoms with E-state index in [1.807, 2.05) is 0 Å². The summed E-state index contributed by atoms with van der Waals surface area (Å²) in [7, 11) is -5.35. The summed E-state index contributed by atoms with van der Waals surface area (Å²) in [4.78, 5) is 16.9. The molecule has 0 bridgehead atoms. The van der Waals surface area contributed by atoms with E-state index in [0.29, 0.717) is 23.7 Å². The van der Waals surface area contributed by atoms with Crippen molar-refractivity contribution in [1.29, 1.82) is 0 Å². The maximum Gasteiger partial charge on any atom is 0.405 e. The number of nitrogens with one attached hydrogen (secondary N) is 2. The Kier molecular flexibility index (Phi) is 10.8. The van der Waals surface area contributed by atoms with Crippen LogP contribution in [0.4, 0.5) is 28.2 Å². The second-order valence-corrected chi connectivity index (χ2v) is 20.7. The topological polar surface area (TPSA) is 153 Å². The van der Waals surface area contributed by atoms with Crippen LogP contribution in [0.25, 0.3) is 33.1 Å². The fourth-order valence-corrected chi connectivity index (χ4v) is 6.96. The van der Waals surface area contributed by atoms with Crippen LogP contribution in [0.3, 0.4) is 0 Å². The predicted octanol–water partition coefficient (Wildman–Crippen LogP) is 6.88. The van der Waals surface area contributed by atoms with Gasteiger partial charge in [0.2, 0.25) is 10.0 Å². The van der Waals surface area contributed by atoms with Crippen molar-refractivity contribution in [3.8, 4) is 11.1 Å². The van der Waals surface area contributed by atoms with Gasteiger partial charge in [-0.15, -0.1) is 0 Å². The molecule has 5 aromatic rings. The summed E-state index contributed by atoms with van der Waals surface area (Å²) in [6, 6.07) is 6.93. The third-order valence-corrected chi connectivity index (χ3v) is 10.2. The van der Waals surface area contributed by atoms with Crippen LogP contribution < -0.4 is 10.0 Å². The molecule has 3 heterocycles. The first-order valence-electron chi connectivity index (χ1n) is 15.2. The summed E-state index contributed by atoms with van der Waals surface area (Å²) in [6.07, 6.45) is -2.36. The quantitative estimate of drug-likeness (QED) is 0.0630. The number of hydrogen-bond acceptors (Lipinski definition) is 7. The number of benzene rings is 2. The summed E-state index contributed by atoms with van der Waals surface area (Å²) >= 11 is 6.53. The molecule has 3 aromatic heterocycles. The van der Waals surface area contributed by atoms with Gasteiger partial charge in [0.25, 0.3) is 6.43 Å². The Bertz CT molecular complexity index is 2160. The number of aromatic nitrogens is 5. The van der Waals surface area contributed by atoms with E-state index in [1.54, 1.807) is 6.07 Å². The number of hydrogen-bond donors (Lipinski definition) is 3. The number of anilines is 1. The minimum Gasteiger partial charge on any atom is -0.465 e. The Balaban J connectivity index is 1.78. The second-order valence-electron chi connectivity index (χ2n) is 12.9. The van der Waals surface area contributed by atoms with E-state index in [0.717, 1.165) is 29.1 Å². The molecular formula is C31H34ClF4N7O5SSi. The highest BCUT2D eigenvalue weighted by Gasteiger charge is 2.28. The van der Waals surface area contributed by atoms with Crippen LogP contribution in [0.15, 0.2) is 42.6 Å². The second kappa shape index (κ2) is 14.5. The maximum absolute atomic E-state index is 14.2. The van der Waals surface area contributed by atoms with Gasteiger partial charge >= 0.3 is 6.09 Å². The first-order chi connectivity index (χ1) is 23.4. The van der Waals surface area contributed by atoms with Crippen molar-refractivity contribution in [2.24, 2.45) is 0 Å². The molecule has 0 aliphatic rings. The van der Waals surface area contributed by atoms with E-state index >= 15 is 0 Å². The Hall–Kier alpha value is -4.26. The van der Waals surface area contributed by atoms with Gasteiger partial charge in [0.05, 0.1) is 45.6 Å². The van der Waals surface area contributed by atoms with Crippen molar-refractivity contribution in [3.63, 3.8) is 0 Å². The van der Waals surface area contributed by atoms with E-state index in [1.165, 1.54) is 23.0 Å². The normalized spacial score (nSPS) is 13.0. The van der Waals surface area contributed by atoms with Crippen LogP contribution in [0, 0.1) is 11.6 Å². The molecule has 268 valence electrons. The lowest BCUT2D eigenvalue weighted by atomic mass is 9.93. The van der Waals surface area contributed by atoms with Gasteiger partial charge < -0.3 is 15.2 Å². The van der Waals surface area contributed by atoms with Crippen molar-refractivity contribution in [2.75, 3.05) is 17.6 Å². The number of ether oxygens (including phenoxy) is 1. The summed E-state index contributed by atoms with van der Waals surface area (Å²) in [5, 5.41) is 20.7. The van der Waals surface area contributed by atoms with Gasteiger partial charge in [0, 0.05) is 31.9 Å². The Labute approximate surface area is 290 Å². The zero-order valence-electron chi connectivity index (χ0n) is 27.3. The summed E-state index contributed by atoms with van der Waals surface area (Å²) in [5.41, 5.74) is 1.26. The lowest BCUT2D eigenvalue weighted by Crippen LogP contribution is -2.29. The number of sulfonamides is 1. The summed E-state index contributed by atoms with van der Waals surface area (Å²) in [5.74, 6) is -2.06. The van der Waals surface area contributed by atoms with Gasteiger partial charge in [0.1, 0.15) is 30.4 Å². The molecule has 0 fully saturated rings. The van der Waals surface area contributed by atoms with Gasteiger partial charge in [-0.1, -0.05) is 37.3 Å². The fraction of sp³-hybridized carbons (Fsp3) is 0.355. The molecule has 19 heteroatoms. The van der Waals surface area contributed by atoms with Crippen LogP contribution in [0.5, 0.6) is 0 Å². The predicted molar refractivity (Wildman–Crippen MR) is 184 cm³/mol. The van der Waals surface area contributed by atoms with Gasteiger partial charge in [0.15, 0.2) is 5.82 Å². The smallest absolute Gasteiger partial charge is 0.405 e. The number of carbonyl (C=O) groups is 1. The highest BCUT2D eigenvalue weighted by molar-refractivity contribution is 7.92. The van der Waals surface area contributed by atoms with E-state index in [2.05, 4.69) is 39.9 Å². The Morgan fingerprint density at radius 2 is 1.78 bits per heavy atom. The molecule has 0 aliphatic heterocycles. The molecule has 0 saturated carbocycles. The molecule has 1 unspecified atom stereocenters. The molecule has 0 aliphatic carbocycles. The average molecular weight is 756 g/mol. The van der Waals surface area contributed by atoms with Crippen molar-refractivity contribution >= 4 is 63.5 Å². The Morgan fingerprint density at radius 1 is 1.08 bits per heavy atom. The highest BCUT2D eigenvalue weighted by atomic mass is 35.5. The molecule has 2 aromatic carbocycles. The SMILES string of the molecule is C[Si](C)(C)CCOCn1ncc2nc(C(Cc3cc(F)cc(F)c3)NC(=O)O)c(-c3ccc(Cl)c4c(NS(C)(=O)=O)nn(CC(F)F)c34)cc21. The van der Waals surface area contributed by atoms with Crippen LogP contribution in [-0.4, -0.2) is 71.5 Å². The monoisotopic (exact) mass is 755 g/mol. The number of carboxylic acid groups (broad SMARTS) is 1. The van der Waals surface area contributed by atoms with E-state index in [-0.39, 0.29) is 57.3 Å². The number of amides is 1. The molecule has 0 spiro atoms. The first-order valence-corrected chi connectivity index (χ1v) is 21.2. The third kappa shape index (κ3) is 8.90. The fourth-order valence-electron chi connectivity index (χ4n) is 5.47. The van der Waals surface area contributed by atoms with Crippen molar-refractivity contribution in [2.45, 2.75) is 57.8 Å². The molecule has 0 saturated heterocycles. The molecule has 50 heavy (non-hydrogen) atoms. The number of halogens is 5. The van der Waals surface area contributed by atoms with E-state index in [4.69, 9.17) is 21.3 Å². The lowest BCUT2D eigenvalue weighted by molar-refractivity contribution is 0.0817. The average Bonchev–Trinajstić information content (AvgIpc) is 3.53. The number of rotatable bonds is 14. The zero-order valence-corrected chi connectivity index (χ0v) is 29.9. The van der Waals surface area contributed by atoms with Gasteiger partial charge in [-0.05, 0) is 42.3 Å². The van der Waals surface area contributed by atoms with E-state index in [9.17, 15) is 35.9 Å². The maximum atomic E-state index is 14.2. The number of pyridine rings is 1. The van der Waals surface area contributed by atoms with Crippen LogP contribution >= 0.6 is 11.6 Å². The van der Waals surface area contributed by atoms with Gasteiger partial charge in [-0.2, -0.15) is 10.2 Å². The number of fused-ring (bicyclic) bond motifs is 2. The molecule has 5 rings (SSSR count). The van der Waals surface area contributed by atoms with Crippen molar-refractivity contribution in [1.82, 2.24) is 29.9 Å². The van der Waals surface area contributed by atoms with Gasteiger partial charge in [-0.3, -0.25) is 9.40 Å². The van der Waals surface area contributed by atoms with E-state index < -0.39 is 54.8 Å². The largest absolute Gasteiger partial charge is 0.465 e. The van der Waals surface area contributed by atoms with Crippen molar-refractivity contribution in [3.05, 3.63) is 70.5 Å². The first kappa shape index (κ1) is 37.0. The zero-order chi connectivity index (χ0) is 36.5. The molecule has 12 nitrogen and oxygen atoms in total. The molecule has 1 amide bonds. The van der Waals surface area contributed by atoms with Gasteiger partial charge in [-0.25, -0.2) is 40.4 Å². The highest BCUT2D eigenvalue weighted by Crippen LogP contribution is 2.41. The van der Waals surface area contributed by atoms with Crippen LogP contribution in [0.1, 0.15) is 17.3 Å². The standard InChI is InChI=1S/C31H34ClF4N7O5SSi/c1-49(46,47)41-30-27-22(32)6-5-20(29(27)42(40-30)15-26(35)36)21-13-25-24(14-37-43(25)16-48-7-8-50(2,3)4)38-28(21)23(39-31(44)45)11-17-9-18(33)12-19(34)10-17/h5-6,9-10,12-14,23,26,39H,7-8,11,15-16H2,1-4H3,(H,40,41)(H,44,45). The number of nitrogens with zero attached hydrogens (tertiary/aromatic N) is 5. The lowest BCUT2D eigenvalue weighted by Gasteiger charge is -2.21. The third-order valence-electron chi connectivity index (χ3n) is 7.58. The molecule has 1 atom stereocenters. The molecular weight excluding hydrogens is 722 g/mol. The number of alkyl halides is 2. The molecule has 0 radical (unpaired) electrons. The van der Waals surface area contributed by atoms with Crippen LogP contribution in [-0.2, 0) is 34.5 Å². The Morgan fingerprint density at radius 3 is 2.40 bits per heavy atom. The minimum atomic E-state index is -3.95. The minimum absolute atomic E-state index is 0.000535. The summed E-state index contributed by atoms with van der Waals surface area (Å²) < 4.78 is 91.3. The van der Waals surface area contributed by atoms with Crippen molar-refractivity contribution < 1.29 is 40.6 Å². The summed E-state index contributed by atoms with van der Waals surface area (Å²) in [6.45, 7) is 6.18. The molecule has 3 N–H and O–H groups in total. The van der Waals surface area contributed by atoms with Crippen LogP contribution in [0.2, 0.25) is 30.7 Å².